The van der Waals surface area contributed by atoms with E-state index < -0.39 is 0 Å². The molecule has 0 bridgehead atoms. The van der Waals surface area contributed by atoms with Crippen LogP contribution < -0.4 is 5.32 Å². The molecule has 0 aliphatic carbocycles. The van der Waals surface area contributed by atoms with Crippen LogP contribution in [0.3, 0.4) is 0 Å². The molecular formula is C11H15ClN2O2. The number of nitrogens with one attached hydrogen (secondary N) is 1. The first-order valence-electron chi connectivity index (χ1n) is 5.21. The van der Waals surface area contributed by atoms with E-state index in [9.17, 15) is 4.79 Å². The van der Waals surface area contributed by atoms with Gasteiger partial charge < -0.3 is 10.1 Å². The number of rotatable bonds is 6. The van der Waals surface area contributed by atoms with Crippen LogP contribution in [0, 0.1) is 0 Å². The maximum absolute atomic E-state index is 11.5. The minimum atomic E-state index is -0.0398. The first-order chi connectivity index (χ1) is 7.72. The maximum Gasteiger partial charge on any atom is 0.224 e. The van der Waals surface area contributed by atoms with Gasteiger partial charge in [0.25, 0.3) is 0 Å². The molecule has 0 radical (unpaired) electrons. The van der Waals surface area contributed by atoms with E-state index in [2.05, 4.69) is 10.3 Å². The summed E-state index contributed by atoms with van der Waals surface area (Å²) >= 11 is 5.69. The molecule has 1 N–H and O–H groups in total. The van der Waals surface area contributed by atoms with Crippen molar-refractivity contribution >= 4 is 23.2 Å². The lowest BCUT2D eigenvalue weighted by atomic mass is 10.3. The summed E-state index contributed by atoms with van der Waals surface area (Å²) < 4.78 is 5.14. The summed E-state index contributed by atoms with van der Waals surface area (Å²) in [4.78, 5) is 15.3. The van der Waals surface area contributed by atoms with E-state index in [0.29, 0.717) is 30.5 Å². The first-order valence-corrected chi connectivity index (χ1v) is 5.59. The van der Waals surface area contributed by atoms with Gasteiger partial charge in [0.1, 0.15) is 5.15 Å². The molecule has 1 aromatic heterocycles. The minimum absolute atomic E-state index is 0.0398. The van der Waals surface area contributed by atoms with Crippen LogP contribution in [0.1, 0.15) is 19.8 Å². The Kier molecular flexibility index (Phi) is 5.82. The zero-order chi connectivity index (χ0) is 11.8. The summed E-state index contributed by atoms with van der Waals surface area (Å²) in [7, 11) is 0. The second-order valence-corrected chi connectivity index (χ2v) is 3.60. The minimum Gasteiger partial charge on any atom is -0.382 e. The highest BCUT2D eigenvalue weighted by Crippen LogP contribution is 2.12. The number of hydrogen-bond donors (Lipinski definition) is 1. The highest BCUT2D eigenvalue weighted by atomic mass is 35.5. The lowest BCUT2D eigenvalue weighted by molar-refractivity contribution is -0.116. The Morgan fingerprint density at radius 3 is 3.12 bits per heavy atom. The molecule has 88 valence electrons. The largest absolute Gasteiger partial charge is 0.382 e. The number of halogens is 1. The number of ether oxygens (including phenoxy) is 1. The van der Waals surface area contributed by atoms with Crippen LogP contribution in [0.15, 0.2) is 18.3 Å². The fourth-order valence-electron chi connectivity index (χ4n) is 1.18. The lowest BCUT2D eigenvalue weighted by Crippen LogP contribution is -2.12. The zero-order valence-electron chi connectivity index (χ0n) is 9.20. The molecule has 0 atom stereocenters. The lowest BCUT2D eigenvalue weighted by Gasteiger charge is -2.05. The number of amides is 1. The first kappa shape index (κ1) is 12.9. The monoisotopic (exact) mass is 242 g/mol. The molecule has 1 amide bonds. The molecule has 1 heterocycles. The SMILES string of the molecule is CCOCCCC(=O)Nc1ccnc(Cl)c1. The van der Waals surface area contributed by atoms with Gasteiger partial charge >= 0.3 is 0 Å². The number of nitrogens with zero attached hydrogens (tertiary/aromatic N) is 1. The Balaban J connectivity index is 2.29. The van der Waals surface area contributed by atoms with Crippen molar-refractivity contribution in [2.75, 3.05) is 18.5 Å². The Morgan fingerprint density at radius 2 is 2.44 bits per heavy atom. The Morgan fingerprint density at radius 1 is 1.62 bits per heavy atom. The van der Waals surface area contributed by atoms with Crippen LogP contribution in [-0.4, -0.2) is 24.1 Å². The Bertz CT molecular complexity index is 345. The average Bonchev–Trinajstić information content (AvgIpc) is 2.24. The average molecular weight is 243 g/mol. The predicted molar refractivity (Wildman–Crippen MR) is 63.6 cm³/mol. The fraction of sp³-hybridized carbons (Fsp3) is 0.455. The van der Waals surface area contributed by atoms with Gasteiger partial charge in [-0.15, -0.1) is 0 Å². The molecule has 5 heteroatoms. The second kappa shape index (κ2) is 7.19. The van der Waals surface area contributed by atoms with Crippen molar-refractivity contribution in [1.29, 1.82) is 0 Å². The van der Waals surface area contributed by atoms with Crippen LogP contribution in [0.4, 0.5) is 5.69 Å². The van der Waals surface area contributed by atoms with E-state index in [0.717, 1.165) is 6.42 Å². The molecule has 0 spiro atoms. The van der Waals surface area contributed by atoms with E-state index in [1.54, 1.807) is 18.3 Å². The summed E-state index contributed by atoms with van der Waals surface area (Å²) in [6, 6.07) is 3.31. The standard InChI is InChI=1S/C11H15ClN2O2/c1-2-16-7-3-4-11(15)14-9-5-6-13-10(12)8-9/h5-6,8H,2-4,7H2,1H3,(H,13,14,15). The molecule has 1 aromatic rings. The Labute approximate surface area is 100.0 Å². The summed E-state index contributed by atoms with van der Waals surface area (Å²) in [6.07, 6.45) is 2.72. The molecule has 0 aliphatic rings. The highest BCUT2D eigenvalue weighted by molar-refractivity contribution is 6.29. The topological polar surface area (TPSA) is 51.2 Å². The van der Waals surface area contributed by atoms with Gasteiger partial charge in [0, 0.05) is 31.5 Å². The van der Waals surface area contributed by atoms with Crippen molar-refractivity contribution in [3.63, 3.8) is 0 Å². The number of anilines is 1. The number of hydrogen-bond acceptors (Lipinski definition) is 3. The van der Waals surface area contributed by atoms with Crippen molar-refractivity contribution in [2.24, 2.45) is 0 Å². The van der Waals surface area contributed by atoms with Crippen LogP contribution in [-0.2, 0) is 9.53 Å². The van der Waals surface area contributed by atoms with Gasteiger partial charge in [-0.2, -0.15) is 0 Å². The normalized spacial score (nSPS) is 10.1. The van der Waals surface area contributed by atoms with Crippen molar-refractivity contribution in [3.05, 3.63) is 23.5 Å². The fourth-order valence-corrected chi connectivity index (χ4v) is 1.36. The van der Waals surface area contributed by atoms with Gasteiger partial charge in [0.15, 0.2) is 0 Å². The molecule has 4 nitrogen and oxygen atoms in total. The van der Waals surface area contributed by atoms with Gasteiger partial charge in [0.05, 0.1) is 0 Å². The third-order valence-electron chi connectivity index (χ3n) is 1.91. The van der Waals surface area contributed by atoms with Gasteiger partial charge in [-0.25, -0.2) is 4.98 Å². The van der Waals surface area contributed by atoms with Crippen molar-refractivity contribution in [2.45, 2.75) is 19.8 Å². The van der Waals surface area contributed by atoms with E-state index in [4.69, 9.17) is 16.3 Å². The maximum atomic E-state index is 11.5. The summed E-state index contributed by atoms with van der Waals surface area (Å²) in [5.74, 6) is -0.0398. The quantitative estimate of drug-likeness (QED) is 0.616. The van der Waals surface area contributed by atoms with Crippen LogP contribution in [0.2, 0.25) is 5.15 Å². The van der Waals surface area contributed by atoms with Gasteiger partial charge in [-0.05, 0) is 25.5 Å². The molecule has 0 fully saturated rings. The van der Waals surface area contributed by atoms with Gasteiger partial charge in [-0.3, -0.25) is 4.79 Å². The number of carbonyl (C=O) groups excluding carboxylic acids is 1. The molecule has 0 saturated carbocycles. The predicted octanol–water partition coefficient (Wildman–Crippen LogP) is 2.49. The number of carbonyl (C=O) groups is 1. The van der Waals surface area contributed by atoms with Crippen LogP contribution in [0.5, 0.6) is 0 Å². The number of pyridine rings is 1. The number of aromatic nitrogens is 1. The third-order valence-corrected chi connectivity index (χ3v) is 2.11. The van der Waals surface area contributed by atoms with Crippen LogP contribution >= 0.6 is 11.6 Å². The molecular weight excluding hydrogens is 228 g/mol. The zero-order valence-corrected chi connectivity index (χ0v) is 9.96. The van der Waals surface area contributed by atoms with Crippen molar-refractivity contribution in [1.82, 2.24) is 4.98 Å². The summed E-state index contributed by atoms with van der Waals surface area (Å²) in [5.41, 5.74) is 0.668. The summed E-state index contributed by atoms with van der Waals surface area (Å²) in [6.45, 7) is 3.22. The van der Waals surface area contributed by atoms with E-state index >= 15 is 0 Å². The Hall–Kier alpha value is -1.13. The highest BCUT2D eigenvalue weighted by Gasteiger charge is 2.02. The van der Waals surface area contributed by atoms with Gasteiger partial charge in [-0.1, -0.05) is 11.6 Å². The molecule has 16 heavy (non-hydrogen) atoms. The molecule has 0 saturated heterocycles. The van der Waals surface area contributed by atoms with E-state index in [1.807, 2.05) is 6.92 Å². The smallest absolute Gasteiger partial charge is 0.224 e. The molecule has 0 unspecified atom stereocenters. The molecule has 0 aliphatic heterocycles. The third kappa shape index (κ3) is 5.09. The van der Waals surface area contributed by atoms with Crippen molar-refractivity contribution < 1.29 is 9.53 Å². The van der Waals surface area contributed by atoms with E-state index in [1.165, 1.54) is 0 Å². The summed E-state index contributed by atoms with van der Waals surface area (Å²) in [5, 5.41) is 3.11. The second-order valence-electron chi connectivity index (χ2n) is 3.22. The van der Waals surface area contributed by atoms with Crippen molar-refractivity contribution in [3.8, 4) is 0 Å². The van der Waals surface area contributed by atoms with E-state index in [-0.39, 0.29) is 5.91 Å². The van der Waals surface area contributed by atoms with Crippen LogP contribution in [0.25, 0.3) is 0 Å². The molecule has 0 aromatic carbocycles. The van der Waals surface area contributed by atoms with Gasteiger partial charge in [0.2, 0.25) is 5.91 Å². The molecule has 1 rings (SSSR count).